The van der Waals surface area contributed by atoms with Gasteiger partial charge in [0.25, 0.3) is 5.91 Å². The summed E-state index contributed by atoms with van der Waals surface area (Å²) < 4.78 is 24.3. The van der Waals surface area contributed by atoms with Crippen LogP contribution in [0.5, 0.6) is 0 Å². The van der Waals surface area contributed by atoms with Crippen molar-refractivity contribution in [1.82, 2.24) is 0 Å². The summed E-state index contributed by atoms with van der Waals surface area (Å²) in [6, 6.07) is 10.7. The maximum atomic E-state index is 13.9. The zero-order chi connectivity index (χ0) is 19.2. The van der Waals surface area contributed by atoms with Crippen LogP contribution in [0.25, 0.3) is 0 Å². The van der Waals surface area contributed by atoms with Gasteiger partial charge in [0.1, 0.15) is 5.82 Å². The molecule has 0 atom stereocenters. The molecule has 1 heterocycles. The zero-order valence-electron chi connectivity index (χ0n) is 15.0. The number of rotatable bonds is 5. The fraction of sp³-hybridized carbons (Fsp3) is 0.300. The van der Waals surface area contributed by atoms with Gasteiger partial charge >= 0.3 is 5.97 Å². The quantitative estimate of drug-likeness (QED) is 0.817. The van der Waals surface area contributed by atoms with Gasteiger partial charge in [-0.1, -0.05) is 12.1 Å². The van der Waals surface area contributed by atoms with Gasteiger partial charge in [0.15, 0.2) is 0 Å². The number of ether oxygens (including phenoxy) is 2. The first-order chi connectivity index (χ1) is 13.1. The summed E-state index contributed by atoms with van der Waals surface area (Å²) in [5.74, 6) is -1.67. The number of benzene rings is 2. The smallest absolute Gasteiger partial charge is 0.338 e. The molecule has 2 aromatic carbocycles. The number of carbonyl (C=O) groups is 2. The number of nitrogens with zero attached hydrogens (tertiary/aromatic N) is 1. The number of hydrogen-bond acceptors (Lipinski definition) is 5. The molecule has 1 fully saturated rings. The molecule has 1 saturated heterocycles. The predicted molar refractivity (Wildman–Crippen MR) is 99.8 cm³/mol. The number of amides is 1. The van der Waals surface area contributed by atoms with Crippen molar-refractivity contribution in [2.45, 2.75) is 6.92 Å². The SMILES string of the molecule is CCOC(=O)c1ccc(N2CCOCC2)c(NC(=O)c2ccccc2F)c1. The van der Waals surface area contributed by atoms with Crippen molar-refractivity contribution in [2.24, 2.45) is 0 Å². The maximum Gasteiger partial charge on any atom is 0.338 e. The van der Waals surface area contributed by atoms with E-state index in [4.69, 9.17) is 9.47 Å². The molecule has 27 heavy (non-hydrogen) atoms. The third-order valence-corrected chi connectivity index (χ3v) is 4.23. The number of carbonyl (C=O) groups excluding carboxylic acids is 2. The minimum absolute atomic E-state index is 0.0630. The summed E-state index contributed by atoms with van der Waals surface area (Å²) in [5.41, 5.74) is 1.43. The third kappa shape index (κ3) is 4.43. The molecule has 0 radical (unpaired) electrons. The normalized spacial score (nSPS) is 13.9. The standard InChI is InChI=1S/C20H21FN2O4/c1-2-27-20(25)14-7-8-18(23-9-11-26-12-10-23)17(13-14)22-19(24)15-5-3-4-6-16(15)21/h3-8,13H,2,9-12H2,1H3,(H,22,24). The first kappa shape index (κ1) is 18.8. The van der Waals surface area contributed by atoms with Crippen LogP contribution >= 0.6 is 0 Å². The van der Waals surface area contributed by atoms with Gasteiger partial charge < -0.3 is 19.7 Å². The molecule has 0 aromatic heterocycles. The molecule has 0 spiro atoms. The monoisotopic (exact) mass is 372 g/mol. The van der Waals surface area contributed by atoms with Gasteiger partial charge in [0, 0.05) is 13.1 Å². The van der Waals surface area contributed by atoms with E-state index < -0.39 is 17.7 Å². The summed E-state index contributed by atoms with van der Waals surface area (Å²) in [7, 11) is 0. The number of morpholine rings is 1. The second kappa shape index (κ2) is 8.64. The Morgan fingerprint density at radius 2 is 1.93 bits per heavy atom. The first-order valence-electron chi connectivity index (χ1n) is 8.80. The van der Waals surface area contributed by atoms with E-state index in [-0.39, 0.29) is 12.2 Å². The average molecular weight is 372 g/mol. The summed E-state index contributed by atoms with van der Waals surface area (Å²) in [5, 5.41) is 2.73. The van der Waals surface area contributed by atoms with E-state index in [1.165, 1.54) is 18.2 Å². The van der Waals surface area contributed by atoms with Gasteiger partial charge in [-0.3, -0.25) is 4.79 Å². The van der Waals surface area contributed by atoms with Gasteiger partial charge in [-0.25, -0.2) is 9.18 Å². The molecule has 0 bridgehead atoms. The predicted octanol–water partition coefficient (Wildman–Crippen LogP) is 3.09. The van der Waals surface area contributed by atoms with Crippen LogP contribution in [0.3, 0.4) is 0 Å². The van der Waals surface area contributed by atoms with Crippen LogP contribution in [-0.4, -0.2) is 44.8 Å². The molecule has 1 aliphatic heterocycles. The molecule has 3 rings (SSSR count). The Morgan fingerprint density at radius 3 is 2.63 bits per heavy atom. The Bertz CT molecular complexity index is 834. The number of anilines is 2. The van der Waals surface area contributed by atoms with Crippen molar-refractivity contribution in [1.29, 1.82) is 0 Å². The summed E-state index contributed by atoms with van der Waals surface area (Å²) in [4.78, 5) is 26.7. The number of esters is 1. The van der Waals surface area contributed by atoms with E-state index in [1.807, 2.05) is 0 Å². The van der Waals surface area contributed by atoms with Gasteiger partial charge in [-0.05, 0) is 37.3 Å². The molecule has 7 heteroatoms. The highest BCUT2D eigenvalue weighted by molar-refractivity contribution is 6.07. The third-order valence-electron chi connectivity index (χ3n) is 4.23. The molecular formula is C20H21FN2O4. The maximum absolute atomic E-state index is 13.9. The molecule has 0 unspecified atom stereocenters. The van der Waals surface area contributed by atoms with Crippen LogP contribution in [-0.2, 0) is 9.47 Å². The van der Waals surface area contributed by atoms with E-state index in [1.54, 1.807) is 31.2 Å². The Morgan fingerprint density at radius 1 is 1.19 bits per heavy atom. The molecule has 1 N–H and O–H groups in total. The Hall–Kier alpha value is -2.93. The topological polar surface area (TPSA) is 67.9 Å². The molecule has 1 amide bonds. The highest BCUT2D eigenvalue weighted by Crippen LogP contribution is 2.29. The Kier molecular flexibility index (Phi) is 6.03. The lowest BCUT2D eigenvalue weighted by atomic mass is 10.1. The van der Waals surface area contributed by atoms with Gasteiger partial charge in [0.2, 0.25) is 0 Å². The lowest BCUT2D eigenvalue weighted by Gasteiger charge is -2.30. The molecule has 6 nitrogen and oxygen atoms in total. The fourth-order valence-corrected chi connectivity index (χ4v) is 2.89. The first-order valence-corrected chi connectivity index (χ1v) is 8.80. The summed E-state index contributed by atoms with van der Waals surface area (Å²) >= 11 is 0. The molecule has 0 aliphatic carbocycles. The largest absolute Gasteiger partial charge is 0.462 e. The number of nitrogens with one attached hydrogen (secondary N) is 1. The van der Waals surface area contributed by atoms with Crippen LogP contribution in [0.4, 0.5) is 15.8 Å². The highest BCUT2D eigenvalue weighted by atomic mass is 19.1. The minimum atomic E-state index is -0.607. The second-order valence-electron chi connectivity index (χ2n) is 5.99. The molecule has 2 aromatic rings. The second-order valence-corrected chi connectivity index (χ2v) is 5.99. The summed E-state index contributed by atoms with van der Waals surface area (Å²) in [6.45, 7) is 4.42. The van der Waals surface area contributed by atoms with E-state index in [2.05, 4.69) is 10.2 Å². The van der Waals surface area contributed by atoms with Crippen LogP contribution in [0, 0.1) is 5.82 Å². The molecule has 1 aliphatic rings. The van der Waals surface area contributed by atoms with Crippen LogP contribution in [0.2, 0.25) is 0 Å². The van der Waals surface area contributed by atoms with Crippen LogP contribution < -0.4 is 10.2 Å². The lowest BCUT2D eigenvalue weighted by molar-refractivity contribution is 0.0526. The lowest BCUT2D eigenvalue weighted by Crippen LogP contribution is -2.36. The van der Waals surface area contributed by atoms with Crippen molar-refractivity contribution >= 4 is 23.3 Å². The fourth-order valence-electron chi connectivity index (χ4n) is 2.89. The molecule has 0 saturated carbocycles. The van der Waals surface area contributed by atoms with Crippen molar-refractivity contribution in [3.63, 3.8) is 0 Å². The van der Waals surface area contributed by atoms with Gasteiger partial charge in [-0.15, -0.1) is 0 Å². The number of halogens is 1. The zero-order valence-corrected chi connectivity index (χ0v) is 15.0. The van der Waals surface area contributed by atoms with E-state index in [0.717, 1.165) is 5.69 Å². The van der Waals surface area contributed by atoms with Crippen molar-refractivity contribution < 1.29 is 23.5 Å². The van der Waals surface area contributed by atoms with Crippen LogP contribution in [0.15, 0.2) is 42.5 Å². The van der Waals surface area contributed by atoms with E-state index >= 15 is 0 Å². The molecular weight excluding hydrogens is 351 g/mol. The minimum Gasteiger partial charge on any atom is -0.462 e. The van der Waals surface area contributed by atoms with Gasteiger partial charge in [-0.2, -0.15) is 0 Å². The van der Waals surface area contributed by atoms with Crippen LogP contribution in [0.1, 0.15) is 27.6 Å². The average Bonchev–Trinajstić information content (AvgIpc) is 2.69. The summed E-state index contributed by atoms with van der Waals surface area (Å²) in [6.07, 6.45) is 0. The Balaban J connectivity index is 1.93. The van der Waals surface area contributed by atoms with Gasteiger partial charge in [0.05, 0.1) is 42.3 Å². The van der Waals surface area contributed by atoms with E-state index in [9.17, 15) is 14.0 Å². The number of hydrogen-bond donors (Lipinski definition) is 1. The highest BCUT2D eigenvalue weighted by Gasteiger charge is 2.20. The van der Waals surface area contributed by atoms with Crippen molar-refractivity contribution in [3.05, 3.63) is 59.4 Å². The van der Waals surface area contributed by atoms with Crippen molar-refractivity contribution in [3.8, 4) is 0 Å². The van der Waals surface area contributed by atoms with Crippen molar-refractivity contribution in [2.75, 3.05) is 43.1 Å². The molecule has 142 valence electrons. The Labute approximate surface area is 156 Å². The van der Waals surface area contributed by atoms with E-state index in [0.29, 0.717) is 37.6 Å².